The van der Waals surface area contributed by atoms with Crippen molar-refractivity contribution in [1.82, 2.24) is 0 Å². The van der Waals surface area contributed by atoms with E-state index >= 15 is 0 Å². The van der Waals surface area contributed by atoms with Gasteiger partial charge in [-0.2, -0.15) is 13.2 Å². The van der Waals surface area contributed by atoms with E-state index in [2.05, 4.69) is 0 Å². The highest BCUT2D eigenvalue weighted by molar-refractivity contribution is 6.04. The summed E-state index contributed by atoms with van der Waals surface area (Å²) in [7, 11) is 0. The van der Waals surface area contributed by atoms with Crippen LogP contribution in [0.1, 0.15) is 11.1 Å². The first-order valence-corrected chi connectivity index (χ1v) is 5.09. The van der Waals surface area contributed by atoms with Crippen LogP contribution in [0.5, 0.6) is 0 Å². The van der Waals surface area contributed by atoms with Gasteiger partial charge in [-0.3, -0.25) is 4.79 Å². The van der Waals surface area contributed by atoms with Gasteiger partial charge in [0.2, 0.25) is 0 Å². The van der Waals surface area contributed by atoms with E-state index in [1.54, 1.807) is 0 Å². The summed E-state index contributed by atoms with van der Waals surface area (Å²) in [6, 6.07) is 4.23. The van der Waals surface area contributed by atoms with Crippen molar-refractivity contribution in [3.05, 3.63) is 53.6 Å². The number of alkyl halides is 3. The number of halogens is 3. The highest BCUT2D eigenvalue weighted by Gasteiger charge is 2.29. The molecule has 0 aliphatic rings. The summed E-state index contributed by atoms with van der Waals surface area (Å²) < 4.78 is 36.8. The van der Waals surface area contributed by atoms with Gasteiger partial charge in [0.25, 0.3) is 0 Å². The number of hydrogen-bond acceptors (Lipinski definition) is 2. The lowest BCUT2D eigenvalue weighted by molar-refractivity contribution is -0.137. The van der Waals surface area contributed by atoms with Crippen molar-refractivity contribution in [3.63, 3.8) is 0 Å². The molecule has 3 nitrogen and oxygen atoms in total. The van der Waals surface area contributed by atoms with Gasteiger partial charge >= 0.3 is 12.1 Å². The van der Waals surface area contributed by atoms with Crippen LogP contribution in [0, 0.1) is 0 Å². The Kier molecular flexibility index (Phi) is 4.63. The summed E-state index contributed by atoms with van der Waals surface area (Å²) in [5, 5.41) is 8.28. The van der Waals surface area contributed by atoms with E-state index in [1.807, 2.05) is 0 Å². The fraction of sp³-hybridized carbons (Fsp3) is 0.0769. The number of carboxylic acids is 1. The van der Waals surface area contributed by atoms with Crippen LogP contribution in [0.4, 0.5) is 13.2 Å². The monoisotopic (exact) mass is 270 g/mol. The zero-order valence-electron chi connectivity index (χ0n) is 9.52. The van der Waals surface area contributed by atoms with Crippen LogP contribution < -0.4 is 0 Å². The molecule has 0 saturated carbocycles. The molecule has 0 spiro atoms. The number of ketones is 1. The number of allylic oxidation sites excluding steroid dienone is 2. The molecule has 0 amide bonds. The van der Waals surface area contributed by atoms with Crippen molar-refractivity contribution in [2.75, 3.05) is 0 Å². The number of rotatable bonds is 4. The molecule has 1 aromatic rings. The second-order valence-corrected chi connectivity index (χ2v) is 3.53. The quantitative estimate of drug-likeness (QED) is 0.856. The van der Waals surface area contributed by atoms with Crippen LogP contribution in [0.2, 0.25) is 0 Å². The molecule has 0 bridgehead atoms. The topological polar surface area (TPSA) is 54.4 Å². The zero-order valence-corrected chi connectivity index (χ0v) is 9.52. The first-order valence-electron chi connectivity index (χ1n) is 5.09. The molecule has 0 radical (unpaired) electrons. The normalized spacial score (nSPS) is 12.2. The fourth-order valence-corrected chi connectivity index (χ4v) is 1.17. The van der Waals surface area contributed by atoms with Gasteiger partial charge in [-0.1, -0.05) is 18.2 Å². The Hall–Kier alpha value is -2.37. The number of aliphatic carboxylic acids is 1. The van der Waals surface area contributed by atoms with Crippen molar-refractivity contribution in [2.45, 2.75) is 6.18 Å². The van der Waals surface area contributed by atoms with Crippen molar-refractivity contribution in [1.29, 1.82) is 0 Å². The average Bonchev–Trinajstić information content (AvgIpc) is 2.33. The molecule has 100 valence electrons. The van der Waals surface area contributed by atoms with Gasteiger partial charge in [0.1, 0.15) is 0 Å². The van der Waals surface area contributed by atoms with Crippen LogP contribution >= 0.6 is 0 Å². The van der Waals surface area contributed by atoms with Gasteiger partial charge in [-0.15, -0.1) is 0 Å². The minimum atomic E-state index is -4.40. The number of hydrogen-bond donors (Lipinski definition) is 1. The Morgan fingerprint density at radius 3 is 2.05 bits per heavy atom. The van der Waals surface area contributed by atoms with E-state index in [0.717, 1.165) is 24.3 Å². The van der Waals surface area contributed by atoms with Crippen LogP contribution in [0.3, 0.4) is 0 Å². The molecule has 0 aromatic heterocycles. The molecule has 0 unspecified atom stereocenters. The highest BCUT2D eigenvalue weighted by atomic mass is 19.4. The van der Waals surface area contributed by atoms with E-state index in [0.29, 0.717) is 11.6 Å². The van der Waals surface area contributed by atoms with Gasteiger partial charge in [-0.05, 0) is 29.8 Å². The predicted molar refractivity (Wildman–Crippen MR) is 62.3 cm³/mol. The van der Waals surface area contributed by atoms with Crippen molar-refractivity contribution in [3.8, 4) is 0 Å². The molecular formula is C13H9F3O3. The van der Waals surface area contributed by atoms with Gasteiger partial charge in [0.05, 0.1) is 5.56 Å². The van der Waals surface area contributed by atoms with Crippen molar-refractivity contribution >= 4 is 17.8 Å². The molecule has 0 saturated heterocycles. The van der Waals surface area contributed by atoms with Gasteiger partial charge < -0.3 is 5.11 Å². The Morgan fingerprint density at radius 2 is 1.58 bits per heavy atom. The predicted octanol–water partition coefficient (Wildman–Crippen LogP) is 2.93. The minimum Gasteiger partial charge on any atom is -0.478 e. The third kappa shape index (κ3) is 5.20. The maximum Gasteiger partial charge on any atom is 0.416 e. The van der Waals surface area contributed by atoms with Crippen LogP contribution in [-0.2, 0) is 15.8 Å². The number of carbonyl (C=O) groups excluding carboxylic acids is 1. The van der Waals surface area contributed by atoms with Gasteiger partial charge in [0, 0.05) is 6.08 Å². The maximum atomic E-state index is 12.3. The Balaban J connectivity index is 2.73. The first kappa shape index (κ1) is 14.7. The highest BCUT2D eigenvalue weighted by Crippen LogP contribution is 2.29. The summed E-state index contributed by atoms with van der Waals surface area (Å²) in [6.07, 6.45) is -0.499. The molecule has 0 fully saturated rings. The summed E-state index contributed by atoms with van der Waals surface area (Å²) in [5.74, 6) is -1.82. The molecule has 6 heteroatoms. The van der Waals surface area contributed by atoms with E-state index < -0.39 is 23.5 Å². The maximum absolute atomic E-state index is 12.3. The SMILES string of the molecule is O=C(O)/C=C/C(=O)/C=C/c1ccc(C(F)(F)F)cc1. The summed E-state index contributed by atoms with van der Waals surface area (Å²) >= 11 is 0. The van der Waals surface area contributed by atoms with E-state index in [4.69, 9.17) is 5.11 Å². The second kappa shape index (κ2) is 5.99. The van der Waals surface area contributed by atoms with Crippen LogP contribution in [0.25, 0.3) is 6.08 Å². The zero-order chi connectivity index (χ0) is 14.5. The summed E-state index contributed by atoms with van der Waals surface area (Å²) in [6.45, 7) is 0. The average molecular weight is 270 g/mol. The molecule has 1 aromatic carbocycles. The van der Waals surface area contributed by atoms with Gasteiger partial charge in [0.15, 0.2) is 5.78 Å². The van der Waals surface area contributed by atoms with Crippen LogP contribution in [-0.4, -0.2) is 16.9 Å². The molecule has 1 N–H and O–H groups in total. The molecule has 0 heterocycles. The van der Waals surface area contributed by atoms with Crippen molar-refractivity contribution < 1.29 is 27.9 Å². The van der Waals surface area contributed by atoms with Crippen LogP contribution in [0.15, 0.2) is 42.5 Å². The Bertz CT molecular complexity index is 525. The number of benzene rings is 1. The third-order valence-corrected chi connectivity index (χ3v) is 2.07. The summed E-state index contributed by atoms with van der Waals surface area (Å²) in [4.78, 5) is 21.3. The largest absolute Gasteiger partial charge is 0.478 e. The van der Waals surface area contributed by atoms with Gasteiger partial charge in [-0.25, -0.2) is 4.79 Å². The molecule has 0 atom stereocenters. The molecule has 0 aliphatic heterocycles. The number of carboxylic acid groups (broad SMARTS) is 1. The standard InChI is InChI=1S/C13H9F3O3/c14-13(15,16)10-4-1-9(2-5-10)3-6-11(17)7-8-12(18)19/h1-8H,(H,18,19)/b6-3+,8-7+. The molecule has 0 aliphatic carbocycles. The fourth-order valence-electron chi connectivity index (χ4n) is 1.17. The van der Waals surface area contributed by atoms with E-state index in [9.17, 15) is 22.8 Å². The molecule has 1 rings (SSSR count). The Labute approximate surface area is 106 Å². The lowest BCUT2D eigenvalue weighted by Crippen LogP contribution is -2.03. The second-order valence-electron chi connectivity index (χ2n) is 3.53. The summed E-state index contributed by atoms with van der Waals surface area (Å²) in [5.41, 5.74) is -0.369. The smallest absolute Gasteiger partial charge is 0.416 e. The lowest BCUT2D eigenvalue weighted by atomic mass is 10.1. The molecular weight excluding hydrogens is 261 g/mol. The van der Waals surface area contributed by atoms with E-state index in [1.165, 1.54) is 18.2 Å². The third-order valence-electron chi connectivity index (χ3n) is 2.07. The Morgan fingerprint density at radius 1 is 1.00 bits per heavy atom. The lowest BCUT2D eigenvalue weighted by Gasteiger charge is -2.05. The van der Waals surface area contributed by atoms with E-state index in [-0.39, 0.29) is 0 Å². The first-order chi connectivity index (χ1) is 8.79. The van der Waals surface area contributed by atoms with Crippen molar-refractivity contribution in [2.24, 2.45) is 0 Å². The minimum absolute atomic E-state index is 0.407. The molecule has 19 heavy (non-hydrogen) atoms. The number of carbonyl (C=O) groups is 2.